The molecule has 0 saturated heterocycles. The molecule has 0 aromatic rings. The molecule has 0 rings (SSSR count). The van der Waals surface area contributed by atoms with E-state index in [9.17, 15) is 4.79 Å². The zero-order valence-electron chi connectivity index (χ0n) is 14.9. The van der Waals surface area contributed by atoms with Crippen molar-refractivity contribution in [3.8, 4) is 0 Å². The summed E-state index contributed by atoms with van der Waals surface area (Å²) in [6, 6.07) is 0.368. The molecule has 0 amide bonds. The molecule has 0 saturated carbocycles. The molecule has 0 aliphatic heterocycles. The Morgan fingerprint density at radius 3 is 2.27 bits per heavy atom. The number of aliphatic imine (C=N–C) groups is 1. The van der Waals surface area contributed by atoms with Gasteiger partial charge in [0.05, 0.1) is 19.1 Å². The van der Waals surface area contributed by atoms with E-state index in [1.54, 1.807) is 0 Å². The van der Waals surface area contributed by atoms with E-state index in [0.717, 1.165) is 18.9 Å². The van der Waals surface area contributed by atoms with Crippen molar-refractivity contribution in [1.29, 1.82) is 0 Å². The Balaban J connectivity index is 0. The number of ether oxygens (including phenoxy) is 1. The van der Waals surface area contributed by atoms with Gasteiger partial charge in [0.1, 0.15) is 0 Å². The summed E-state index contributed by atoms with van der Waals surface area (Å²) >= 11 is 0. The van der Waals surface area contributed by atoms with Gasteiger partial charge in [-0.25, -0.2) is 0 Å². The van der Waals surface area contributed by atoms with Gasteiger partial charge in [0.2, 0.25) is 0 Å². The lowest BCUT2D eigenvalue weighted by Gasteiger charge is -2.18. The lowest BCUT2D eigenvalue weighted by atomic mass is 10.0. The molecule has 2 N–H and O–H groups in total. The largest absolute Gasteiger partial charge is 0.463 e. The van der Waals surface area contributed by atoms with E-state index >= 15 is 0 Å². The van der Waals surface area contributed by atoms with E-state index in [2.05, 4.69) is 36.4 Å². The number of esters is 1. The fourth-order valence-electron chi connectivity index (χ4n) is 1.79. The predicted octanol–water partition coefficient (Wildman–Crippen LogP) is 3.33. The van der Waals surface area contributed by atoms with Gasteiger partial charge in [-0.1, -0.05) is 13.8 Å². The number of nitrogens with one attached hydrogen (secondary N) is 2. The van der Waals surface area contributed by atoms with Gasteiger partial charge >= 0.3 is 5.97 Å². The summed E-state index contributed by atoms with van der Waals surface area (Å²) in [6.45, 7) is 13.6. The van der Waals surface area contributed by atoms with E-state index in [0.29, 0.717) is 24.9 Å². The molecule has 0 heterocycles. The standard InChI is InChI=1S/C16H33N3O2.HI/c1-7-17-16(19-14(6)9-8-12(2)3)18-11-10-15(20)21-13(4)5;/h12-14H,7-11H2,1-6H3,(H2,17,18,19);1H. The quantitative estimate of drug-likeness (QED) is 0.257. The molecule has 132 valence electrons. The van der Waals surface area contributed by atoms with Crippen molar-refractivity contribution < 1.29 is 9.53 Å². The van der Waals surface area contributed by atoms with Crippen molar-refractivity contribution in [2.45, 2.75) is 73.0 Å². The zero-order chi connectivity index (χ0) is 16.3. The van der Waals surface area contributed by atoms with Crippen LogP contribution in [0.2, 0.25) is 0 Å². The van der Waals surface area contributed by atoms with Crippen molar-refractivity contribution in [3.05, 3.63) is 0 Å². The molecule has 0 aliphatic carbocycles. The second-order valence-electron chi connectivity index (χ2n) is 6.07. The summed E-state index contributed by atoms with van der Waals surface area (Å²) in [5.74, 6) is 1.28. The van der Waals surface area contributed by atoms with E-state index < -0.39 is 0 Å². The topological polar surface area (TPSA) is 62.7 Å². The predicted molar refractivity (Wildman–Crippen MR) is 104 cm³/mol. The van der Waals surface area contributed by atoms with Crippen LogP contribution in [0, 0.1) is 5.92 Å². The van der Waals surface area contributed by atoms with Crippen molar-refractivity contribution in [1.82, 2.24) is 10.6 Å². The Morgan fingerprint density at radius 2 is 1.77 bits per heavy atom. The maximum absolute atomic E-state index is 11.5. The lowest BCUT2D eigenvalue weighted by Crippen LogP contribution is -2.42. The van der Waals surface area contributed by atoms with Crippen LogP contribution in [0.15, 0.2) is 4.99 Å². The van der Waals surface area contributed by atoms with Gasteiger partial charge in [-0.05, 0) is 46.5 Å². The molecule has 1 unspecified atom stereocenters. The van der Waals surface area contributed by atoms with Gasteiger partial charge in [-0.3, -0.25) is 9.79 Å². The van der Waals surface area contributed by atoms with Crippen LogP contribution in [0.1, 0.15) is 60.8 Å². The molecule has 0 aliphatic rings. The van der Waals surface area contributed by atoms with Crippen LogP contribution in [-0.2, 0) is 9.53 Å². The van der Waals surface area contributed by atoms with Crippen molar-refractivity contribution in [2.24, 2.45) is 10.9 Å². The average Bonchev–Trinajstić information content (AvgIpc) is 2.35. The van der Waals surface area contributed by atoms with Crippen LogP contribution in [0.5, 0.6) is 0 Å². The highest BCUT2D eigenvalue weighted by molar-refractivity contribution is 14.0. The van der Waals surface area contributed by atoms with Gasteiger partial charge in [0.15, 0.2) is 5.96 Å². The summed E-state index contributed by atoms with van der Waals surface area (Å²) in [5, 5.41) is 6.58. The van der Waals surface area contributed by atoms with Crippen molar-refractivity contribution >= 4 is 35.9 Å². The molecule has 0 aromatic carbocycles. The third-order valence-electron chi connectivity index (χ3n) is 2.86. The number of hydrogen-bond donors (Lipinski definition) is 2. The molecular weight excluding hydrogens is 393 g/mol. The Labute approximate surface area is 153 Å². The van der Waals surface area contributed by atoms with E-state index in [-0.39, 0.29) is 36.0 Å². The number of nitrogens with zero attached hydrogens (tertiary/aromatic N) is 1. The van der Waals surface area contributed by atoms with Crippen molar-refractivity contribution in [2.75, 3.05) is 13.1 Å². The molecule has 22 heavy (non-hydrogen) atoms. The maximum Gasteiger partial charge on any atom is 0.307 e. The molecule has 6 heteroatoms. The van der Waals surface area contributed by atoms with Crippen LogP contribution < -0.4 is 10.6 Å². The van der Waals surface area contributed by atoms with E-state index in [1.807, 2.05) is 20.8 Å². The summed E-state index contributed by atoms with van der Waals surface area (Å²) < 4.78 is 5.09. The van der Waals surface area contributed by atoms with E-state index in [4.69, 9.17) is 4.74 Å². The maximum atomic E-state index is 11.5. The third-order valence-corrected chi connectivity index (χ3v) is 2.86. The second-order valence-corrected chi connectivity index (χ2v) is 6.07. The molecule has 0 fully saturated rings. The molecule has 0 bridgehead atoms. The number of halogens is 1. The van der Waals surface area contributed by atoms with Crippen LogP contribution in [0.4, 0.5) is 0 Å². The SMILES string of the molecule is CCNC(=NCCC(=O)OC(C)C)NC(C)CCC(C)C.I. The Hall–Kier alpha value is -0.530. The summed E-state index contributed by atoms with van der Waals surface area (Å²) in [4.78, 5) is 15.9. The normalized spacial score (nSPS) is 12.8. The van der Waals surface area contributed by atoms with Gasteiger partial charge in [-0.15, -0.1) is 24.0 Å². The zero-order valence-corrected chi connectivity index (χ0v) is 17.3. The molecular formula is C16H34IN3O2. The fraction of sp³-hybridized carbons (Fsp3) is 0.875. The van der Waals surface area contributed by atoms with Crippen LogP contribution in [0.25, 0.3) is 0 Å². The molecule has 5 nitrogen and oxygen atoms in total. The number of carbonyl (C=O) groups is 1. The lowest BCUT2D eigenvalue weighted by molar-refractivity contribution is -0.147. The first-order chi connectivity index (χ1) is 9.85. The average molecular weight is 427 g/mol. The first-order valence-corrected chi connectivity index (χ1v) is 8.09. The first kappa shape index (κ1) is 23.7. The minimum Gasteiger partial charge on any atom is -0.463 e. The summed E-state index contributed by atoms with van der Waals surface area (Å²) in [7, 11) is 0. The van der Waals surface area contributed by atoms with Gasteiger partial charge in [0.25, 0.3) is 0 Å². The first-order valence-electron chi connectivity index (χ1n) is 8.09. The third kappa shape index (κ3) is 14.4. The highest BCUT2D eigenvalue weighted by Gasteiger charge is 2.08. The second kappa shape index (κ2) is 14.1. The minimum absolute atomic E-state index is 0. The number of hydrogen-bond acceptors (Lipinski definition) is 3. The highest BCUT2D eigenvalue weighted by Crippen LogP contribution is 2.06. The molecule has 0 aromatic heterocycles. The van der Waals surface area contributed by atoms with Gasteiger partial charge < -0.3 is 15.4 Å². The fourth-order valence-corrected chi connectivity index (χ4v) is 1.79. The molecule has 0 spiro atoms. The Morgan fingerprint density at radius 1 is 1.14 bits per heavy atom. The Bertz CT molecular complexity index is 321. The van der Waals surface area contributed by atoms with Crippen molar-refractivity contribution in [3.63, 3.8) is 0 Å². The van der Waals surface area contributed by atoms with Crippen LogP contribution in [0.3, 0.4) is 0 Å². The van der Waals surface area contributed by atoms with Crippen LogP contribution >= 0.6 is 24.0 Å². The monoisotopic (exact) mass is 427 g/mol. The van der Waals surface area contributed by atoms with E-state index in [1.165, 1.54) is 6.42 Å². The van der Waals surface area contributed by atoms with Gasteiger partial charge in [-0.2, -0.15) is 0 Å². The smallest absolute Gasteiger partial charge is 0.307 e. The summed E-state index contributed by atoms with van der Waals surface area (Å²) in [6.07, 6.45) is 2.55. The molecule has 1 atom stereocenters. The summed E-state index contributed by atoms with van der Waals surface area (Å²) in [5.41, 5.74) is 0. The number of carbonyl (C=O) groups excluding carboxylic acids is 1. The molecule has 0 radical (unpaired) electrons. The number of guanidine groups is 1. The highest BCUT2D eigenvalue weighted by atomic mass is 127. The van der Waals surface area contributed by atoms with Gasteiger partial charge in [0, 0.05) is 12.6 Å². The number of rotatable bonds is 9. The Kier molecular flexibility index (Phi) is 15.2. The minimum atomic E-state index is -0.197. The van der Waals surface area contributed by atoms with Crippen LogP contribution in [-0.4, -0.2) is 37.2 Å².